The van der Waals surface area contributed by atoms with Crippen molar-refractivity contribution in [1.29, 1.82) is 0 Å². The number of carbonyl (C=O) groups is 1. The summed E-state index contributed by atoms with van der Waals surface area (Å²) in [6.07, 6.45) is 2.14. The van der Waals surface area contributed by atoms with Crippen LogP contribution in [0.2, 0.25) is 0 Å². The molecular weight excluding hydrogens is 212 g/mol. The molecule has 1 atom stereocenters. The zero-order valence-corrected chi connectivity index (χ0v) is 11.7. The molecule has 1 amide bonds. The fourth-order valence-electron chi connectivity index (χ4n) is 3.35. The van der Waals surface area contributed by atoms with Gasteiger partial charge in [-0.3, -0.25) is 4.79 Å². The molecule has 0 bridgehead atoms. The molecule has 17 heavy (non-hydrogen) atoms. The summed E-state index contributed by atoms with van der Waals surface area (Å²) >= 11 is 0. The predicted molar refractivity (Wildman–Crippen MR) is 69.8 cm³/mol. The Bertz CT molecular complexity index is 301. The number of carbonyl (C=O) groups excluding carboxylic acids is 1. The van der Waals surface area contributed by atoms with Crippen LogP contribution in [0.5, 0.6) is 0 Å². The summed E-state index contributed by atoms with van der Waals surface area (Å²) < 4.78 is 0. The first-order valence-corrected chi connectivity index (χ1v) is 6.98. The van der Waals surface area contributed by atoms with Gasteiger partial charge in [0.2, 0.25) is 5.91 Å². The van der Waals surface area contributed by atoms with E-state index in [1.165, 1.54) is 0 Å². The van der Waals surface area contributed by atoms with Crippen LogP contribution in [-0.2, 0) is 4.79 Å². The fraction of sp³-hybridized carbons (Fsp3) is 0.929. The summed E-state index contributed by atoms with van der Waals surface area (Å²) in [5, 5.41) is 0. The number of nitrogens with zero attached hydrogens (tertiary/aromatic N) is 2. The average Bonchev–Trinajstić information content (AvgIpc) is 2.74. The molecule has 2 fully saturated rings. The molecule has 2 aliphatic heterocycles. The smallest absolute Gasteiger partial charge is 0.230 e. The average molecular weight is 238 g/mol. The van der Waals surface area contributed by atoms with Crippen LogP contribution in [0.3, 0.4) is 0 Å². The van der Waals surface area contributed by atoms with E-state index in [9.17, 15) is 4.79 Å². The largest absolute Gasteiger partial charge is 0.340 e. The van der Waals surface area contributed by atoms with Gasteiger partial charge in [0, 0.05) is 25.7 Å². The molecule has 0 aliphatic carbocycles. The van der Waals surface area contributed by atoms with Crippen LogP contribution in [0, 0.1) is 11.3 Å². The molecule has 98 valence electrons. The minimum absolute atomic E-state index is 0.0286. The van der Waals surface area contributed by atoms with Crippen molar-refractivity contribution in [1.82, 2.24) is 9.80 Å². The second-order valence-electron chi connectivity index (χ2n) is 6.50. The Balaban J connectivity index is 2.01. The highest BCUT2D eigenvalue weighted by atomic mass is 16.2. The van der Waals surface area contributed by atoms with Crippen LogP contribution in [0.4, 0.5) is 0 Å². The van der Waals surface area contributed by atoms with Gasteiger partial charge < -0.3 is 9.80 Å². The summed E-state index contributed by atoms with van der Waals surface area (Å²) in [6.45, 7) is 12.9. The van der Waals surface area contributed by atoms with Gasteiger partial charge in [0.1, 0.15) is 0 Å². The van der Waals surface area contributed by atoms with Crippen molar-refractivity contribution in [2.45, 2.75) is 46.6 Å². The maximum absolute atomic E-state index is 12.5. The molecule has 0 N–H and O–H groups in total. The van der Waals surface area contributed by atoms with E-state index in [4.69, 9.17) is 0 Å². The van der Waals surface area contributed by atoms with Gasteiger partial charge in [0.05, 0.1) is 5.41 Å². The number of hydrogen-bond acceptors (Lipinski definition) is 2. The Morgan fingerprint density at radius 3 is 2.35 bits per heavy atom. The summed E-state index contributed by atoms with van der Waals surface area (Å²) in [5.74, 6) is 1.11. The zero-order chi connectivity index (χ0) is 12.6. The molecule has 2 saturated heterocycles. The number of amides is 1. The van der Waals surface area contributed by atoms with Crippen LogP contribution in [-0.4, -0.2) is 47.9 Å². The van der Waals surface area contributed by atoms with Crippen molar-refractivity contribution in [2.75, 3.05) is 26.2 Å². The lowest BCUT2D eigenvalue weighted by atomic mass is 9.85. The quantitative estimate of drug-likeness (QED) is 0.750. The lowest BCUT2D eigenvalue weighted by molar-refractivity contribution is -0.136. The van der Waals surface area contributed by atoms with Crippen LogP contribution >= 0.6 is 0 Å². The highest BCUT2D eigenvalue weighted by Gasteiger charge is 2.50. The predicted octanol–water partition coefficient (Wildman–Crippen LogP) is 1.98. The van der Waals surface area contributed by atoms with Crippen molar-refractivity contribution in [3.63, 3.8) is 0 Å². The molecule has 2 rings (SSSR count). The van der Waals surface area contributed by atoms with Gasteiger partial charge in [0.15, 0.2) is 0 Å². The summed E-state index contributed by atoms with van der Waals surface area (Å²) in [4.78, 5) is 17.0. The molecule has 1 spiro atoms. The number of rotatable bonds is 3. The third kappa shape index (κ3) is 2.35. The first kappa shape index (κ1) is 12.9. The van der Waals surface area contributed by atoms with Gasteiger partial charge in [-0.05, 0) is 39.2 Å². The van der Waals surface area contributed by atoms with Gasteiger partial charge in [-0.15, -0.1) is 0 Å². The van der Waals surface area contributed by atoms with Gasteiger partial charge in [-0.25, -0.2) is 0 Å². The molecular formula is C14H26N2O. The lowest BCUT2D eigenvalue weighted by Gasteiger charge is -2.26. The minimum atomic E-state index is -0.0286. The van der Waals surface area contributed by atoms with E-state index in [1.54, 1.807) is 0 Å². The molecule has 0 aromatic heterocycles. The molecule has 3 nitrogen and oxygen atoms in total. The topological polar surface area (TPSA) is 23.6 Å². The summed E-state index contributed by atoms with van der Waals surface area (Å²) in [5.41, 5.74) is -0.0286. The van der Waals surface area contributed by atoms with E-state index >= 15 is 0 Å². The van der Waals surface area contributed by atoms with E-state index < -0.39 is 0 Å². The van der Waals surface area contributed by atoms with Crippen molar-refractivity contribution < 1.29 is 4.79 Å². The van der Waals surface area contributed by atoms with Crippen LogP contribution < -0.4 is 0 Å². The minimum Gasteiger partial charge on any atom is -0.340 e. The highest BCUT2D eigenvalue weighted by molar-refractivity contribution is 5.85. The van der Waals surface area contributed by atoms with Gasteiger partial charge >= 0.3 is 0 Å². The second-order valence-corrected chi connectivity index (χ2v) is 6.50. The molecule has 1 unspecified atom stereocenters. The van der Waals surface area contributed by atoms with Gasteiger partial charge in [-0.1, -0.05) is 13.8 Å². The molecule has 0 aromatic carbocycles. The normalized spacial score (nSPS) is 30.5. The van der Waals surface area contributed by atoms with Crippen molar-refractivity contribution in [3.05, 3.63) is 0 Å². The highest BCUT2D eigenvalue weighted by Crippen LogP contribution is 2.41. The maximum Gasteiger partial charge on any atom is 0.230 e. The summed E-state index contributed by atoms with van der Waals surface area (Å²) in [6, 6.07) is 0.362. The van der Waals surface area contributed by atoms with E-state index in [0.717, 1.165) is 39.0 Å². The first-order valence-electron chi connectivity index (χ1n) is 6.98. The molecule has 0 saturated carbocycles. The Kier molecular flexibility index (Phi) is 3.48. The lowest BCUT2D eigenvalue weighted by Crippen LogP contribution is -2.40. The molecule has 3 heteroatoms. The first-order chi connectivity index (χ1) is 7.94. The van der Waals surface area contributed by atoms with Gasteiger partial charge in [0.25, 0.3) is 0 Å². The third-order valence-electron chi connectivity index (χ3n) is 4.23. The molecule has 0 aromatic rings. The Labute approximate surface area is 105 Å². The fourth-order valence-corrected chi connectivity index (χ4v) is 3.35. The van der Waals surface area contributed by atoms with E-state index in [2.05, 4.69) is 37.5 Å². The van der Waals surface area contributed by atoms with Crippen LogP contribution in [0.1, 0.15) is 40.5 Å². The zero-order valence-electron chi connectivity index (χ0n) is 11.7. The number of likely N-dealkylation sites (tertiary alicyclic amines) is 2. The van der Waals surface area contributed by atoms with E-state index in [0.29, 0.717) is 17.9 Å². The second kappa shape index (κ2) is 4.60. The van der Waals surface area contributed by atoms with Gasteiger partial charge in [-0.2, -0.15) is 0 Å². The third-order valence-corrected chi connectivity index (χ3v) is 4.23. The van der Waals surface area contributed by atoms with E-state index in [1.807, 2.05) is 0 Å². The van der Waals surface area contributed by atoms with Crippen LogP contribution in [0.25, 0.3) is 0 Å². The molecule has 2 aliphatic rings. The maximum atomic E-state index is 12.5. The monoisotopic (exact) mass is 238 g/mol. The Hall–Kier alpha value is -0.570. The number of hydrogen-bond donors (Lipinski definition) is 0. The van der Waals surface area contributed by atoms with Crippen LogP contribution in [0.15, 0.2) is 0 Å². The standard InChI is InChI=1S/C14H26N2O/c1-11(2)9-15-7-5-14(10-15)6-8-16(12(3)4)13(14)17/h11-12H,5-10H2,1-4H3. The van der Waals surface area contributed by atoms with Crippen molar-refractivity contribution in [3.8, 4) is 0 Å². The Morgan fingerprint density at radius 2 is 1.82 bits per heavy atom. The molecule has 2 heterocycles. The Morgan fingerprint density at radius 1 is 1.18 bits per heavy atom. The van der Waals surface area contributed by atoms with Crippen molar-refractivity contribution in [2.24, 2.45) is 11.3 Å². The van der Waals surface area contributed by atoms with E-state index in [-0.39, 0.29) is 5.41 Å². The SMILES string of the molecule is CC(C)CN1CCC2(CCN(C(C)C)C2=O)C1. The molecule has 0 radical (unpaired) electrons. The summed E-state index contributed by atoms with van der Waals surface area (Å²) in [7, 11) is 0. The van der Waals surface area contributed by atoms with Crippen molar-refractivity contribution >= 4 is 5.91 Å².